The third kappa shape index (κ3) is 3.81. The summed E-state index contributed by atoms with van der Waals surface area (Å²) < 4.78 is 30.5. The standard InChI is InChI=1S/C11H21ClN2O3S/c12-10-18(15,16)14-5-2-4-13(6-7-14)9-11-3-1-8-17-11/h11H,1-10H2. The van der Waals surface area contributed by atoms with Crippen LogP contribution in [0.3, 0.4) is 0 Å². The zero-order valence-corrected chi connectivity index (χ0v) is 12.1. The van der Waals surface area contributed by atoms with Crippen LogP contribution in [0.15, 0.2) is 0 Å². The normalized spacial score (nSPS) is 28.4. The second kappa shape index (κ2) is 6.52. The van der Waals surface area contributed by atoms with Crippen LogP contribution in [0, 0.1) is 0 Å². The zero-order chi connectivity index (χ0) is 13.0. The highest BCUT2D eigenvalue weighted by Gasteiger charge is 2.26. The van der Waals surface area contributed by atoms with Gasteiger partial charge in [0.25, 0.3) is 0 Å². The molecule has 1 atom stereocenters. The Bertz CT molecular complexity index is 357. The van der Waals surface area contributed by atoms with E-state index >= 15 is 0 Å². The maximum Gasteiger partial charge on any atom is 0.228 e. The average molecular weight is 297 g/mol. The molecule has 106 valence electrons. The van der Waals surface area contributed by atoms with Crippen molar-refractivity contribution in [2.45, 2.75) is 25.4 Å². The predicted octanol–water partition coefficient (Wildman–Crippen LogP) is 0.699. The lowest BCUT2D eigenvalue weighted by atomic mass is 10.2. The summed E-state index contributed by atoms with van der Waals surface area (Å²) in [5, 5.41) is -0.321. The van der Waals surface area contributed by atoms with Gasteiger partial charge < -0.3 is 4.74 Å². The van der Waals surface area contributed by atoms with E-state index in [1.807, 2.05) is 0 Å². The molecule has 0 spiro atoms. The molecule has 7 heteroatoms. The van der Waals surface area contributed by atoms with E-state index in [9.17, 15) is 8.42 Å². The van der Waals surface area contributed by atoms with Gasteiger partial charge in [-0.3, -0.25) is 4.90 Å². The van der Waals surface area contributed by atoms with E-state index in [4.69, 9.17) is 16.3 Å². The molecular weight excluding hydrogens is 276 g/mol. The quantitative estimate of drug-likeness (QED) is 0.717. The molecular formula is C11H21ClN2O3S. The Morgan fingerprint density at radius 3 is 2.67 bits per heavy atom. The number of hydrogen-bond donors (Lipinski definition) is 0. The van der Waals surface area contributed by atoms with Crippen molar-refractivity contribution in [3.63, 3.8) is 0 Å². The monoisotopic (exact) mass is 296 g/mol. The van der Waals surface area contributed by atoms with Gasteiger partial charge in [-0.2, -0.15) is 4.31 Å². The van der Waals surface area contributed by atoms with Crippen LogP contribution in [0.4, 0.5) is 0 Å². The van der Waals surface area contributed by atoms with Crippen LogP contribution in [-0.2, 0) is 14.8 Å². The second-order valence-corrected chi connectivity index (χ2v) is 7.46. The predicted molar refractivity (Wildman–Crippen MR) is 71.2 cm³/mol. The molecule has 0 aromatic carbocycles. The van der Waals surface area contributed by atoms with E-state index in [0.717, 1.165) is 45.5 Å². The van der Waals surface area contributed by atoms with E-state index < -0.39 is 10.0 Å². The van der Waals surface area contributed by atoms with Crippen LogP contribution in [0.5, 0.6) is 0 Å². The van der Waals surface area contributed by atoms with Crippen LogP contribution in [0.1, 0.15) is 19.3 Å². The number of nitrogens with zero attached hydrogens (tertiary/aromatic N) is 2. The van der Waals surface area contributed by atoms with E-state index in [-0.39, 0.29) is 5.21 Å². The molecule has 0 aromatic heterocycles. The number of hydrogen-bond acceptors (Lipinski definition) is 4. The summed E-state index contributed by atoms with van der Waals surface area (Å²) in [7, 11) is -3.25. The van der Waals surface area contributed by atoms with Crippen LogP contribution < -0.4 is 0 Å². The molecule has 0 saturated carbocycles. The highest BCUT2D eigenvalue weighted by molar-refractivity contribution is 7.90. The average Bonchev–Trinajstić information content (AvgIpc) is 2.73. The maximum absolute atomic E-state index is 11.7. The molecule has 18 heavy (non-hydrogen) atoms. The van der Waals surface area contributed by atoms with Gasteiger partial charge in [0.05, 0.1) is 6.10 Å². The number of alkyl halides is 1. The van der Waals surface area contributed by atoms with Crippen LogP contribution >= 0.6 is 11.6 Å². The van der Waals surface area contributed by atoms with Gasteiger partial charge >= 0.3 is 0 Å². The zero-order valence-electron chi connectivity index (χ0n) is 10.6. The van der Waals surface area contributed by atoms with Gasteiger partial charge in [-0.25, -0.2) is 8.42 Å². The number of halogens is 1. The molecule has 2 heterocycles. The summed E-state index contributed by atoms with van der Waals surface area (Å²) >= 11 is 5.49. The molecule has 0 aromatic rings. The van der Waals surface area contributed by atoms with Crippen molar-refractivity contribution in [3.8, 4) is 0 Å². The van der Waals surface area contributed by atoms with Gasteiger partial charge in [-0.15, -0.1) is 11.6 Å². The number of sulfonamides is 1. The smallest absolute Gasteiger partial charge is 0.228 e. The number of ether oxygens (including phenoxy) is 1. The highest BCUT2D eigenvalue weighted by atomic mass is 35.5. The molecule has 2 saturated heterocycles. The second-order valence-electron chi connectivity index (χ2n) is 4.91. The molecule has 5 nitrogen and oxygen atoms in total. The summed E-state index contributed by atoms with van der Waals surface area (Å²) in [5.74, 6) is 0. The lowest BCUT2D eigenvalue weighted by Gasteiger charge is -2.23. The summed E-state index contributed by atoms with van der Waals surface area (Å²) in [6.07, 6.45) is 3.47. The Balaban J connectivity index is 1.84. The Labute approximate surface area is 114 Å². The van der Waals surface area contributed by atoms with Crippen LogP contribution in [-0.4, -0.2) is 68.3 Å². The molecule has 0 bridgehead atoms. The Morgan fingerprint density at radius 1 is 1.17 bits per heavy atom. The van der Waals surface area contributed by atoms with E-state index in [2.05, 4.69) is 4.90 Å². The minimum atomic E-state index is -3.25. The molecule has 2 rings (SSSR count). The van der Waals surface area contributed by atoms with Gasteiger partial charge in [0.15, 0.2) is 0 Å². The third-order valence-corrected chi connectivity index (χ3v) is 5.82. The lowest BCUT2D eigenvalue weighted by Crippen LogP contribution is -2.37. The summed E-state index contributed by atoms with van der Waals surface area (Å²) in [4.78, 5) is 2.31. The van der Waals surface area contributed by atoms with Crippen LogP contribution in [0.2, 0.25) is 0 Å². The Morgan fingerprint density at radius 2 is 2.00 bits per heavy atom. The largest absolute Gasteiger partial charge is 0.377 e. The third-order valence-electron chi connectivity index (χ3n) is 3.56. The van der Waals surface area contributed by atoms with Crippen molar-refractivity contribution in [2.24, 2.45) is 0 Å². The Hall–Kier alpha value is 0.120. The molecule has 2 aliphatic heterocycles. The first-order valence-electron chi connectivity index (χ1n) is 6.49. The topological polar surface area (TPSA) is 49.9 Å². The van der Waals surface area contributed by atoms with Crippen molar-refractivity contribution < 1.29 is 13.2 Å². The molecule has 0 aliphatic carbocycles. The fourth-order valence-electron chi connectivity index (χ4n) is 2.55. The minimum Gasteiger partial charge on any atom is -0.377 e. The summed E-state index contributed by atoms with van der Waals surface area (Å²) in [6, 6.07) is 0. The molecule has 2 aliphatic rings. The van der Waals surface area contributed by atoms with Crippen LogP contribution in [0.25, 0.3) is 0 Å². The number of rotatable bonds is 4. The first kappa shape index (κ1) is 14.5. The maximum atomic E-state index is 11.7. The van der Waals surface area contributed by atoms with E-state index in [1.165, 1.54) is 4.31 Å². The van der Waals surface area contributed by atoms with Crippen molar-refractivity contribution in [2.75, 3.05) is 44.5 Å². The first-order valence-corrected chi connectivity index (χ1v) is 8.64. The molecule has 0 amide bonds. The van der Waals surface area contributed by atoms with Gasteiger partial charge in [-0.1, -0.05) is 0 Å². The molecule has 0 N–H and O–H groups in total. The van der Waals surface area contributed by atoms with Gasteiger partial charge in [-0.05, 0) is 25.8 Å². The fraction of sp³-hybridized carbons (Fsp3) is 1.00. The summed E-state index contributed by atoms with van der Waals surface area (Å²) in [5.41, 5.74) is 0. The van der Waals surface area contributed by atoms with Crippen molar-refractivity contribution >= 4 is 21.6 Å². The SMILES string of the molecule is O=S(=O)(CCl)N1CCCN(CC2CCCO2)CC1. The molecule has 2 fully saturated rings. The molecule has 1 unspecified atom stereocenters. The van der Waals surface area contributed by atoms with Gasteiger partial charge in [0, 0.05) is 32.8 Å². The Kier molecular flexibility index (Phi) is 5.26. The minimum absolute atomic E-state index is 0.321. The summed E-state index contributed by atoms with van der Waals surface area (Å²) in [6.45, 7) is 4.63. The van der Waals surface area contributed by atoms with Gasteiger partial charge in [0.1, 0.15) is 5.21 Å². The van der Waals surface area contributed by atoms with Crippen molar-refractivity contribution in [3.05, 3.63) is 0 Å². The first-order chi connectivity index (χ1) is 8.62. The fourth-order valence-corrected chi connectivity index (χ4v) is 3.87. The van der Waals surface area contributed by atoms with Crippen molar-refractivity contribution in [1.82, 2.24) is 9.21 Å². The highest BCUT2D eigenvalue weighted by Crippen LogP contribution is 2.15. The van der Waals surface area contributed by atoms with E-state index in [1.54, 1.807) is 0 Å². The van der Waals surface area contributed by atoms with E-state index in [0.29, 0.717) is 19.2 Å². The van der Waals surface area contributed by atoms with Gasteiger partial charge in [0.2, 0.25) is 10.0 Å². The lowest BCUT2D eigenvalue weighted by molar-refractivity contribution is 0.0749. The molecule has 0 radical (unpaired) electrons. The van der Waals surface area contributed by atoms with Crippen molar-refractivity contribution in [1.29, 1.82) is 0 Å².